The van der Waals surface area contributed by atoms with E-state index in [-0.39, 0.29) is 6.03 Å². The monoisotopic (exact) mass is 310 g/mol. The van der Waals surface area contributed by atoms with E-state index in [0.717, 1.165) is 21.6 Å². The lowest BCUT2D eigenvalue weighted by Gasteiger charge is -2.18. The maximum absolute atomic E-state index is 12.6. The van der Waals surface area contributed by atoms with Gasteiger partial charge in [-0.1, -0.05) is 29.6 Å². The smallest absolute Gasteiger partial charge is 0.307 e. The molecule has 22 heavy (non-hydrogen) atoms. The number of fused-ring (bicyclic) bond motifs is 2. The lowest BCUT2D eigenvalue weighted by atomic mass is 10.0. The molecule has 0 saturated carbocycles. The van der Waals surface area contributed by atoms with Crippen molar-refractivity contribution in [3.63, 3.8) is 0 Å². The predicted molar refractivity (Wildman–Crippen MR) is 88.6 cm³/mol. The summed E-state index contributed by atoms with van der Waals surface area (Å²) in [5.41, 5.74) is 3.75. The molecule has 0 fully saturated rings. The summed E-state index contributed by atoms with van der Waals surface area (Å²) in [6, 6.07) is 13.6. The fraction of sp³-hybridized carbons (Fsp3) is 0.188. The molecule has 6 heteroatoms. The van der Waals surface area contributed by atoms with Crippen molar-refractivity contribution in [1.29, 1.82) is 0 Å². The standard InChI is InChI=1S/C16H14N4OS/c1-10-9-20(14-5-3-2-4-12(10)14)16(21)17-11-6-7-15-13(8-11)18-19-22-15/h2-8,10H,9H2,1H3,(H,17,21)/t10-/m0/s1. The van der Waals surface area contributed by atoms with E-state index in [1.807, 2.05) is 36.4 Å². The van der Waals surface area contributed by atoms with E-state index in [0.29, 0.717) is 12.5 Å². The Balaban J connectivity index is 1.60. The van der Waals surface area contributed by atoms with Crippen molar-refractivity contribution in [1.82, 2.24) is 9.59 Å². The number of carbonyl (C=O) groups is 1. The van der Waals surface area contributed by atoms with Crippen molar-refractivity contribution in [2.75, 3.05) is 16.8 Å². The number of hydrogen-bond donors (Lipinski definition) is 1. The Kier molecular flexibility index (Phi) is 3.04. The number of para-hydroxylation sites is 1. The van der Waals surface area contributed by atoms with Crippen LogP contribution in [0.1, 0.15) is 18.4 Å². The number of aromatic nitrogens is 2. The summed E-state index contributed by atoms with van der Waals surface area (Å²) in [5.74, 6) is 0.354. The molecule has 0 aliphatic carbocycles. The summed E-state index contributed by atoms with van der Waals surface area (Å²) < 4.78 is 4.92. The van der Waals surface area contributed by atoms with Crippen molar-refractivity contribution in [3.8, 4) is 0 Å². The Bertz CT molecular complexity index is 860. The molecular formula is C16H14N4OS. The topological polar surface area (TPSA) is 58.1 Å². The maximum Gasteiger partial charge on any atom is 0.326 e. The first-order chi connectivity index (χ1) is 10.7. The van der Waals surface area contributed by atoms with E-state index in [1.54, 1.807) is 4.90 Å². The van der Waals surface area contributed by atoms with Gasteiger partial charge in [-0.25, -0.2) is 4.79 Å². The molecule has 1 atom stereocenters. The van der Waals surface area contributed by atoms with Crippen molar-refractivity contribution in [2.45, 2.75) is 12.8 Å². The minimum Gasteiger partial charge on any atom is -0.307 e. The van der Waals surface area contributed by atoms with E-state index < -0.39 is 0 Å². The van der Waals surface area contributed by atoms with Crippen LogP contribution in [0.15, 0.2) is 42.5 Å². The first kappa shape index (κ1) is 13.2. The predicted octanol–water partition coefficient (Wildman–Crippen LogP) is 3.85. The van der Waals surface area contributed by atoms with Crippen molar-refractivity contribution < 1.29 is 4.79 Å². The number of nitrogens with zero attached hydrogens (tertiary/aromatic N) is 3. The molecule has 0 spiro atoms. The number of amides is 2. The van der Waals surface area contributed by atoms with Crippen LogP contribution in [-0.4, -0.2) is 22.2 Å². The quantitative estimate of drug-likeness (QED) is 0.743. The molecule has 0 bridgehead atoms. The van der Waals surface area contributed by atoms with Gasteiger partial charge in [-0.2, -0.15) is 0 Å². The average Bonchev–Trinajstić information content (AvgIpc) is 3.12. The molecule has 0 radical (unpaired) electrons. The number of rotatable bonds is 1. The molecule has 1 aromatic heterocycles. The fourth-order valence-corrected chi connectivity index (χ4v) is 3.40. The van der Waals surface area contributed by atoms with Crippen LogP contribution in [-0.2, 0) is 0 Å². The third-order valence-corrected chi connectivity index (χ3v) is 4.66. The lowest BCUT2D eigenvalue weighted by Crippen LogP contribution is -2.33. The van der Waals surface area contributed by atoms with Crippen molar-refractivity contribution >= 4 is 39.2 Å². The second-order valence-electron chi connectivity index (χ2n) is 5.46. The largest absolute Gasteiger partial charge is 0.326 e. The first-order valence-electron chi connectivity index (χ1n) is 7.12. The lowest BCUT2D eigenvalue weighted by molar-refractivity contribution is 0.257. The fourth-order valence-electron chi connectivity index (χ4n) is 2.86. The van der Waals surface area contributed by atoms with Crippen LogP contribution in [0.4, 0.5) is 16.2 Å². The van der Waals surface area contributed by atoms with Gasteiger partial charge in [0.1, 0.15) is 5.52 Å². The number of nitrogens with one attached hydrogen (secondary N) is 1. The number of hydrogen-bond acceptors (Lipinski definition) is 4. The van der Waals surface area contributed by atoms with Gasteiger partial charge in [-0.05, 0) is 41.4 Å². The molecule has 0 unspecified atom stereocenters. The molecular weight excluding hydrogens is 296 g/mol. The molecule has 110 valence electrons. The van der Waals surface area contributed by atoms with Crippen LogP contribution >= 0.6 is 11.5 Å². The first-order valence-corrected chi connectivity index (χ1v) is 7.89. The van der Waals surface area contributed by atoms with Crippen LogP contribution < -0.4 is 10.2 Å². The number of anilines is 2. The van der Waals surface area contributed by atoms with Crippen LogP contribution in [0.5, 0.6) is 0 Å². The second-order valence-corrected chi connectivity index (χ2v) is 6.24. The van der Waals surface area contributed by atoms with Crippen LogP contribution in [0, 0.1) is 0 Å². The van der Waals surface area contributed by atoms with Gasteiger partial charge in [0.05, 0.1) is 4.70 Å². The molecule has 3 aromatic rings. The summed E-state index contributed by atoms with van der Waals surface area (Å²) in [6.07, 6.45) is 0. The maximum atomic E-state index is 12.6. The highest BCUT2D eigenvalue weighted by molar-refractivity contribution is 7.12. The second kappa shape index (κ2) is 5.06. The highest BCUT2D eigenvalue weighted by atomic mass is 32.1. The third-order valence-electron chi connectivity index (χ3n) is 3.96. The van der Waals surface area contributed by atoms with Crippen LogP contribution in [0.3, 0.4) is 0 Å². The SMILES string of the molecule is C[C@H]1CN(C(=O)Nc2ccc3snnc3c2)c2ccccc21. The van der Waals surface area contributed by atoms with Crippen molar-refractivity contribution in [3.05, 3.63) is 48.0 Å². The van der Waals surface area contributed by atoms with E-state index in [9.17, 15) is 4.79 Å². The van der Waals surface area contributed by atoms with E-state index >= 15 is 0 Å². The minimum atomic E-state index is -0.112. The normalized spacial score (nSPS) is 16.8. The summed E-state index contributed by atoms with van der Waals surface area (Å²) in [5, 5.41) is 6.99. The zero-order valence-electron chi connectivity index (χ0n) is 12.0. The highest BCUT2D eigenvalue weighted by Gasteiger charge is 2.29. The Labute approximate surface area is 131 Å². The van der Waals surface area contributed by atoms with Gasteiger partial charge in [-0.3, -0.25) is 4.90 Å². The highest BCUT2D eigenvalue weighted by Crippen LogP contribution is 2.36. The Morgan fingerprint density at radius 3 is 3.09 bits per heavy atom. The summed E-state index contributed by atoms with van der Waals surface area (Å²) in [7, 11) is 0. The molecule has 1 N–H and O–H groups in total. The van der Waals surface area contributed by atoms with E-state index in [1.165, 1.54) is 17.1 Å². The van der Waals surface area contributed by atoms with Gasteiger partial charge < -0.3 is 5.32 Å². The molecule has 5 nitrogen and oxygen atoms in total. The Morgan fingerprint density at radius 1 is 1.32 bits per heavy atom. The Hall–Kier alpha value is -2.47. The number of carbonyl (C=O) groups excluding carboxylic acids is 1. The van der Waals surface area contributed by atoms with Crippen molar-refractivity contribution in [2.24, 2.45) is 0 Å². The van der Waals surface area contributed by atoms with E-state index in [4.69, 9.17) is 0 Å². The average molecular weight is 310 g/mol. The van der Waals surface area contributed by atoms with Gasteiger partial charge in [0.2, 0.25) is 0 Å². The van der Waals surface area contributed by atoms with Gasteiger partial charge in [0.25, 0.3) is 0 Å². The summed E-state index contributed by atoms with van der Waals surface area (Å²) in [6.45, 7) is 2.84. The number of urea groups is 1. The molecule has 1 aliphatic heterocycles. The summed E-state index contributed by atoms with van der Waals surface area (Å²) >= 11 is 1.35. The molecule has 1 aliphatic rings. The molecule has 2 aromatic carbocycles. The molecule has 2 heterocycles. The summed E-state index contributed by atoms with van der Waals surface area (Å²) in [4.78, 5) is 14.4. The molecule has 0 saturated heterocycles. The number of benzene rings is 2. The zero-order valence-corrected chi connectivity index (χ0v) is 12.8. The Morgan fingerprint density at radius 2 is 2.18 bits per heavy atom. The van der Waals surface area contributed by atoms with Gasteiger partial charge in [-0.15, -0.1) is 5.10 Å². The molecule has 4 rings (SSSR count). The molecule has 2 amide bonds. The van der Waals surface area contributed by atoms with Gasteiger partial charge in [0, 0.05) is 23.8 Å². The van der Waals surface area contributed by atoms with Crippen LogP contribution in [0.2, 0.25) is 0 Å². The van der Waals surface area contributed by atoms with E-state index in [2.05, 4.69) is 27.9 Å². The minimum absolute atomic E-state index is 0.112. The van der Waals surface area contributed by atoms with Gasteiger partial charge >= 0.3 is 6.03 Å². The zero-order chi connectivity index (χ0) is 15.1. The third kappa shape index (κ3) is 2.12. The van der Waals surface area contributed by atoms with Gasteiger partial charge in [0.15, 0.2) is 0 Å². The van der Waals surface area contributed by atoms with Crippen LogP contribution in [0.25, 0.3) is 10.2 Å².